The number of nitrogens with zero attached hydrogens (tertiary/aromatic N) is 1. The summed E-state index contributed by atoms with van der Waals surface area (Å²) in [5.74, 6) is 0. The Balaban J connectivity index is 1.88. The van der Waals surface area contributed by atoms with Crippen LogP contribution in [-0.2, 0) is 5.41 Å². The van der Waals surface area contributed by atoms with Crippen molar-refractivity contribution in [2.24, 2.45) is 0 Å². The normalized spacial score (nSPS) is 15.2. The Hall–Kier alpha value is -2.70. The van der Waals surface area contributed by atoms with Crippen molar-refractivity contribution in [1.29, 1.82) is 0 Å². The molecular formula is C31H35NOSi2. The average molecular weight is 494 g/mol. The first-order valence-corrected chi connectivity index (χ1v) is 19.7. The molecule has 0 spiro atoms. The zero-order valence-corrected chi connectivity index (χ0v) is 24.5. The van der Waals surface area contributed by atoms with Crippen LogP contribution in [0, 0.1) is 6.92 Å². The second kappa shape index (κ2) is 6.95. The fourth-order valence-electron chi connectivity index (χ4n) is 6.00. The van der Waals surface area contributed by atoms with Gasteiger partial charge in [0.1, 0.15) is 11.2 Å². The monoisotopic (exact) mass is 493 g/mol. The molecule has 0 saturated heterocycles. The van der Waals surface area contributed by atoms with Crippen molar-refractivity contribution in [2.45, 2.75) is 65.5 Å². The molecule has 0 radical (unpaired) electrons. The van der Waals surface area contributed by atoms with Crippen molar-refractivity contribution >= 4 is 59.2 Å². The molecule has 2 heterocycles. The number of hydrogen-bond donors (Lipinski definition) is 0. The van der Waals surface area contributed by atoms with Gasteiger partial charge in [-0.25, -0.2) is 0 Å². The highest BCUT2D eigenvalue weighted by Gasteiger charge is 2.38. The molecule has 0 unspecified atom stereocenters. The number of rotatable bonds is 2. The molecule has 2 aromatic heterocycles. The molecule has 1 aliphatic carbocycles. The summed E-state index contributed by atoms with van der Waals surface area (Å²) in [5, 5.41) is 7.81. The van der Waals surface area contributed by atoms with Crippen LogP contribution < -0.4 is 10.4 Å². The minimum atomic E-state index is -1.68. The van der Waals surface area contributed by atoms with Crippen molar-refractivity contribution in [2.75, 3.05) is 0 Å². The molecule has 0 saturated carbocycles. The number of aryl methyl sites for hydroxylation is 1. The Morgan fingerprint density at radius 1 is 0.714 bits per heavy atom. The minimum absolute atomic E-state index is 0.180. The Labute approximate surface area is 210 Å². The zero-order chi connectivity index (χ0) is 25.1. The van der Waals surface area contributed by atoms with Crippen LogP contribution in [0.25, 0.3) is 44.0 Å². The lowest BCUT2D eigenvalue weighted by atomic mass is 9.75. The number of fused-ring (bicyclic) bond motifs is 3. The van der Waals surface area contributed by atoms with E-state index in [0.717, 1.165) is 16.9 Å². The molecule has 0 aliphatic heterocycles. The van der Waals surface area contributed by atoms with Gasteiger partial charge in [0.2, 0.25) is 0 Å². The molecule has 178 valence electrons. The van der Waals surface area contributed by atoms with E-state index in [1.165, 1.54) is 54.2 Å². The summed E-state index contributed by atoms with van der Waals surface area (Å²) < 4.78 is 6.97. The summed E-state index contributed by atoms with van der Waals surface area (Å²) in [4.78, 5) is 5.23. The van der Waals surface area contributed by atoms with E-state index >= 15 is 0 Å². The van der Waals surface area contributed by atoms with Gasteiger partial charge in [0.15, 0.2) is 0 Å². The van der Waals surface area contributed by atoms with Gasteiger partial charge in [-0.05, 0) is 46.1 Å². The molecule has 1 aliphatic rings. The van der Waals surface area contributed by atoms with Crippen LogP contribution in [-0.4, -0.2) is 21.1 Å². The highest BCUT2D eigenvalue weighted by atomic mass is 28.3. The van der Waals surface area contributed by atoms with Crippen molar-refractivity contribution in [3.8, 4) is 11.3 Å². The maximum Gasteiger partial charge on any atom is 0.138 e. The molecule has 6 rings (SSSR count). The average Bonchev–Trinajstić information content (AvgIpc) is 3.12. The number of pyridine rings is 1. The first kappa shape index (κ1) is 22.7. The van der Waals surface area contributed by atoms with Crippen LogP contribution in [0.15, 0.2) is 53.1 Å². The lowest BCUT2D eigenvalue weighted by Gasteiger charge is -2.29. The van der Waals surface area contributed by atoms with Crippen molar-refractivity contribution < 1.29 is 4.42 Å². The van der Waals surface area contributed by atoms with Gasteiger partial charge < -0.3 is 4.42 Å². The van der Waals surface area contributed by atoms with E-state index < -0.39 is 16.1 Å². The second-order valence-electron chi connectivity index (χ2n) is 13.1. The van der Waals surface area contributed by atoms with E-state index in [-0.39, 0.29) is 5.41 Å². The van der Waals surface area contributed by atoms with Crippen LogP contribution in [0.3, 0.4) is 0 Å². The molecular weight excluding hydrogens is 459 g/mol. The van der Waals surface area contributed by atoms with Crippen LogP contribution >= 0.6 is 0 Å². The van der Waals surface area contributed by atoms with Gasteiger partial charge in [-0.2, -0.15) is 0 Å². The molecule has 0 amide bonds. The standard InChI is InChI=1S/C31H35NOSi2/c1-18-10-11-19-15-21-23(16-20(19)14-18)31(2,3)22-12-13-24(34(4,5)6)29-26(22)27-28(21)32-17-25(30(27)33-29)35(7,8)9/h10-17H,1-9H3. The van der Waals surface area contributed by atoms with Crippen LogP contribution in [0.4, 0.5) is 0 Å². The third kappa shape index (κ3) is 3.16. The summed E-state index contributed by atoms with van der Waals surface area (Å²) in [6, 6.07) is 16.3. The first-order chi connectivity index (χ1) is 16.3. The van der Waals surface area contributed by atoms with Crippen molar-refractivity contribution in [1.82, 2.24) is 4.98 Å². The number of benzene rings is 3. The van der Waals surface area contributed by atoms with Gasteiger partial charge in [0, 0.05) is 27.7 Å². The van der Waals surface area contributed by atoms with E-state index in [4.69, 9.17) is 9.40 Å². The van der Waals surface area contributed by atoms with E-state index in [2.05, 4.69) is 109 Å². The minimum Gasteiger partial charge on any atom is -0.456 e. The van der Waals surface area contributed by atoms with E-state index in [9.17, 15) is 0 Å². The van der Waals surface area contributed by atoms with Crippen molar-refractivity contribution in [3.63, 3.8) is 0 Å². The van der Waals surface area contributed by atoms with Crippen LogP contribution in [0.1, 0.15) is 30.5 Å². The highest BCUT2D eigenvalue weighted by Crippen LogP contribution is 2.49. The fraction of sp³-hybridized carbons (Fsp3) is 0.323. The molecule has 0 atom stereocenters. The third-order valence-electron chi connectivity index (χ3n) is 7.99. The predicted molar refractivity (Wildman–Crippen MR) is 157 cm³/mol. The largest absolute Gasteiger partial charge is 0.456 e. The predicted octanol–water partition coefficient (Wildman–Crippen LogP) is 7.84. The molecule has 2 nitrogen and oxygen atoms in total. The number of aromatic nitrogens is 1. The summed E-state index contributed by atoms with van der Waals surface area (Å²) in [7, 11) is -3.31. The molecule has 3 aromatic carbocycles. The highest BCUT2D eigenvalue weighted by molar-refractivity contribution is 6.91. The second-order valence-corrected chi connectivity index (χ2v) is 23.1. The van der Waals surface area contributed by atoms with Gasteiger partial charge in [0.05, 0.1) is 27.2 Å². The summed E-state index contributed by atoms with van der Waals surface area (Å²) in [5.41, 5.74) is 8.32. The van der Waals surface area contributed by atoms with Gasteiger partial charge in [0.25, 0.3) is 0 Å². The topological polar surface area (TPSA) is 26.0 Å². The quantitative estimate of drug-likeness (QED) is 0.234. The number of hydrogen-bond acceptors (Lipinski definition) is 2. The SMILES string of the molecule is Cc1ccc2cc3c(cc2c1)C(C)(C)c1ccc([Si](C)(C)C)c2oc4c([Si](C)(C)C)cnc-3c4c12. The Kier molecular flexibility index (Phi) is 4.52. The third-order valence-corrected chi connectivity index (χ3v) is 12.0. The van der Waals surface area contributed by atoms with Gasteiger partial charge in [-0.15, -0.1) is 0 Å². The zero-order valence-electron chi connectivity index (χ0n) is 22.5. The lowest BCUT2D eigenvalue weighted by Crippen LogP contribution is -2.38. The smallest absolute Gasteiger partial charge is 0.138 e. The molecule has 5 aromatic rings. The molecule has 35 heavy (non-hydrogen) atoms. The maximum absolute atomic E-state index is 6.97. The lowest BCUT2D eigenvalue weighted by molar-refractivity contribution is 0.645. The molecule has 0 N–H and O–H groups in total. The Morgan fingerprint density at radius 3 is 2.09 bits per heavy atom. The molecule has 0 bridgehead atoms. The number of furan rings is 1. The summed E-state index contributed by atoms with van der Waals surface area (Å²) in [6.07, 6.45) is 2.13. The van der Waals surface area contributed by atoms with Gasteiger partial charge in [-0.1, -0.05) is 89.0 Å². The van der Waals surface area contributed by atoms with Gasteiger partial charge >= 0.3 is 0 Å². The van der Waals surface area contributed by atoms with Crippen LogP contribution in [0.2, 0.25) is 39.3 Å². The van der Waals surface area contributed by atoms with E-state index in [0.29, 0.717) is 0 Å². The first-order valence-electron chi connectivity index (χ1n) is 12.7. The fourth-order valence-corrected chi connectivity index (χ4v) is 8.75. The summed E-state index contributed by atoms with van der Waals surface area (Å²) >= 11 is 0. The molecule has 4 heteroatoms. The van der Waals surface area contributed by atoms with Crippen LogP contribution in [0.5, 0.6) is 0 Å². The van der Waals surface area contributed by atoms with E-state index in [1.54, 1.807) is 0 Å². The van der Waals surface area contributed by atoms with Crippen molar-refractivity contribution in [3.05, 3.63) is 65.4 Å². The maximum atomic E-state index is 6.97. The molecule has 0 fully saturated rings. The van der Waals surface area contributed by atoms with E-state index in [1.807, 2.05) is 0 Å². The Morgan fingerprint density at radius 2 is 1.40 bits per heavy atom. The summed E-state index contributed by atoms with van der Waals surface area (Å²) in [6.45, 7) is 21.4. The van der Waals surface area contributed by atoms with Gasteiger partial charge in [-0.3, -0.25) is 4.98 Å². The Bertz CT molecular complexity index is 1690.